The molecule has 0 saturated carbocycles. The number of rotatable bonds is 7. The van der Waals surface area contributed by atoms with Crippen LogP contribution in [0.4, 0.5) is 0 Å². The van der Waals surface area contributed by atoms with Crippen LogP contribution < -0.4 is 15.5 Å². The summed E-state index contributed by atoms with van der Waals surface area (Å²) in [6.07, 6.45) is 0.698. The fraction of sp³-hybridized carbons (Fsp3) is 0.400. The summed E-state index contributed by atoms with van der Waals surface area (Å²) < 4.78 is 6.00. The highest BCUT2D eigenvalue weighted by Crippen LogP contribution is 2.25. The molecule has 4 rings (SSSR count). The molecule has 1 aliphatic heterocycles. The number of amides is 3. The molecule has 2 aromatic carbocycles. The molecule has 1 aromatic heterocycles. The third kappa shape index (κ3) is 7.11. The molecule has 0 spiro atoms. The van der Waals surface area contributed by atoms with Gasteiger partial charge in [0.25, 0.3) is 5.91 Å². The monoisotopic (exact) mass is 532 g/mol. The number of benzene rings is 2. The first-order valence-electron chi connectivity index (χ1n) is 13.1. The van der Waals surface area contributed by atoms with E-state index in [-0.39, 0.29) is 23.8 Å². The largest absolute Gasteiger partial charge is 0.489 e. The summed E-state index contributed by atoms with van der Waals surface area (Å²) in [7, 11) is 0. The van der Waals surface area contributed by atoms with Crippen LogP contribution in [0.25, 0.3) is 10.9 Å². The summed E-state index contributed by atoms with van der Waals surface area (Å²) in [5, 5.41) is 13.1. The van der Waals surface area contributed by atoms with Crippen LogP contribution in [-0.4, -0.2) is 51.9 Å². The minimum atomic E-state index is -0.654. The first kappa shape index (κ1) is 28.0. The van der Waals surface area contributed by atoms with E-state index in [2.05, 4.69) is 10.3 Å². The Morgan fingerprint density at radius 3 is 2.51 bits per heavy atom. The van der Waals surface area contributed by atoms with Gasteiger partial charge in [0.1, 0.15) is 12.4 Å². The predicted octanol–water partition coefficient (Wildman–Crippen LogP) is 4.01. The second kappa shape index (κ2) is 11.8. The fourth-order valence-electron chi connectivity index (χ4n) is 4.92. The number of carbonyl (C=O) groups excluding carboxylic acids is 3. The normalized spacial score (nSPS) is 17.5. The average Bonchev–Trinajstić information content (AvgIpc) is 2.90. The molecule has 9 heteroatoms. The molecule has 1 fully saturated rings. The minimum absolute atomic E-state index is 0.0247. The van der Waals surface area contributed by atoms with Gasteiger partial charge in [-0.15, -0.1) is 0 Å². The van der Waals surface area contributed by atoms with Crippen molar-refractivity contribution in [1.29, 1.82) is 0 Å². The number of hydrogen-bond donors (Lipinski definition) is 3. The van der Waals surface area contributed by atoms with Gasteiger partial charge in [-0.25, -0.2) is 5.48 Å². The number of ether oxygens (including phenoxy) is 1. The van der Waals surface area contributed by atoms with Crippen molar-refractivity contribution in [1.82, 2.24) is 20.7 Å². The van der Waals surface area contributed by atoms with Gasteiger partial charge >= 0.3 is 0 Å². The first-order valence-corrected chi connectivity index (χ1v) is 13.1. The maximum Gasteiger partial charge on any atom is 0.251 e. The quantitative estimate of drug-likeness (QED) is 0.312. The summed E-state index contributed by atoms with van der Waals surface area (Å²) in [5.41, 5.74) is 4.76. The summed E-state index contributed by atoms with van der Waals surface area (Å²) in [6.45, 7) is 8.85. The highest BCUT2D eigenvalue weighted by atomic mass is 16.5. The number of piperidine rings is 1. The number of para-hydroxylation sites is 1. The number of pyridine rings is 1. The second-order valence-corrected chi connectivity index (χ2v) is 11.3. The second-order valence-electron chi connectivity index (χ2n) is 11.3. The number of fused-ring (bicyclic) bond motifs is 1. The molecule has 0 unspecified atom stereocenters. The van der Waals surface area contributed by atoms with E-state index in [1.807, 2.05) is 58.0 Å². The Balaban J connectivity index is 1.42. The lowest BCUT2D eigenvalue weighted by Crippen LogP contribution is -2.57. The zero-order valence-electron chi connectivity index (χ0n) is 22.9. The summed E-state index contributed by atoms with van der Waals surface area (Å²) in [6, 6.07) is 16.0. The van der Waals surface area contributed by atoms with Crippen molar-refractivity contribution < 1.29 is 24.3 Å². The van der Waals surface area contributed by atoms with Crippen LogP contribution in [0, 0.1) is 18.3 Å². The van der Waals surface area contributed by atoms with Gasteiger partial charge in [-0.1, -0.05) is 39.0 Å². The Labute approximate surface area is 228 Å². The molecule has 3 N–H and O–H groups in total. The molecule has 2 atom stereocenters. The number of nitrogens with zero attached hydrogens (tertiary/aromatic N) is 2. The molecule has 1 aliphatic rings. The van der Waals surface area contributed by atoms with E-state index in [1.54, 1.807) is 34.6 Å². The van der Waals surface area contributed by atoms with Gasteiger partial charge in [0.2, 0.25) is 11.8 Å². The van der Waals surface area contributed by atoms with Gasteiger partial charge in [0.15, 0.2) is 0 Å². The molecule has 39 heavy (non-hydrogen) atoms. The van der Waals surface area contributed by atoms with Crippen LogP contribution in [0.1, 0.15) is 55.2 Å². The number of nitrogens with one attached hydrogen (secondary N) is 2. The third-order valence-electron chi connectivity index (χ3n) is 6.85. The van der Waals surface area contributed by atoms with Crippen LogP contribution in [0.15, 0.2) is 54.6 Å². The van der Waals surface area contributed by atoms with Crippen molar-refractivity contribution in [2.75, 3.05) is 13.1 Å². The minimum Gasteiger partial charge on any atom is -0.489 e. The molecule has 9 nitrogen and oxygen atoms in total. The van der Waals surface area contributed by atoms with Gasteiger partial charge < -0.3 is 15.0 Å². The molecule has 3 amide bonds. The van der Waals surface area contributed by atoms with Crippen LogP contribution in [0.2, 0.25) is 0 Å². The van der Waals surface area contributed by atoms with E-state index < -0.39 is 17.9 Å². The van der Waals surface area contributed by atoms with E-state index in [0.29, 0.717) is 37.3 Å². The van der Waals surface area contributed by atoms with Crippen molar-refractivity contribution in [2.45, 2.75) is 53.2 Å². The lowest BCUT2D eigenvalue weighted by atomic mass is 9.88. The highest BCUT2D eigenvalue weighted by molar-refractivity contribution is 5.95. The maximum absolute atomic E-state index is 13.1. The topological polar surface area (TPSA) is 121 Å². The molecule has 206 valence electrons. The Kier molecular flexibility index (Phi) is 8.50. The van der Waals surface area contributed by atoms with Gasteiger partial charge in [-0.3, -0.25) is 24.6 Å². The van der Waals surface area contributed by atoms with Crippen molar-refractivity contribution in [2.24, 2.45) is 11.3 Å². The van der Waals surface area contributed by atoms with Crippen LogP contribution in [0.5, 0.6) is 5.75 Å². The summed E-state index contributed by atoms with van der Waals surface area (Å²) >= 11 is 0. The lowest BCUT2D eigenvalue weighted by Gasteiger charge is -2.38. The van der Waals surface area contributed by atoms with E-state index in [9.17, 15) is 19.6 Å². The molecule has 0 bridgehead atoms. The molecule has 2 heterocycles. The smallest absolute Gasteiger partial charge is 0.251 e. The van der Waals surface area contributed by atoms with Gasteiger partial charge in [-0.2, -0.15) is 0 Å². The third-order valence-corrected chi connectivity index (χ3v) is 6.85. The zero-order chi connectivity index (χ0) is 28.2. The number of hydroxylamine groups is 1. The Morgan fingerprint density at radius 2 is 1.82 bits per heavy atom. The standard InChI is InChI=1S/C30H36N4O5/c1-19-15-21(23-7-5-6-8-25(23)31-19)18-39-22-11-9-20(10-12-22)28(36)32-26-17-34(27(35)16-30(2,3)4)14-13-24(26)29(37)33-38/h5-12,15,24,26,38H,13-14,16-18H2,1-4H3,(H,32,36)(H,33,37)/t24-,26+/m0/s1. The van der Waals surface area contributed by atoms with Gasteiger partial charge in [-0.05, 0) is 55.2 Å². The van der Waals surface area contributed by atoms with Crippen LogP contribution in [-0.2, 0) is 16.2 Å². The molecule has 0 radical (unpaired) electrons. The lowest BCUT2D eigenvalue weighted by molar-refractivity contribution is -0.141. The zero-order valence-corrected chi connectivity index (χ0v) is 22.9. The number of carbonyl (C=O) groups is 3. The molecular weight excluding hydrogens is 496 g/mol. The summed E-state index contributed by atoms with van der Waals surface area (Å²) in [5.74, 6) is -1.02. The van der Waals surface area contributed by atoms with Crippen molar-refractivity contribution in [3.05, 3.63) is 71.4 Å². The Morgan fingerprint density at radius 1 is 1.10 bits per heavy atom. The predicted molar refractivity (Wildman–Crippen MR) is 147 cm³/mol. The fourth-order valence-corrected chi connectivity index (χ4v) is 4.92. The first-order chi connectivity index (χ1) is 18.5. The molecule has 3 aromatic rings. The van der Waals surface area contributed by atoms with Crippen molar-refractivity contribution in [3.8, 4) is 5.75 Å². The van der Waals surface area contributed by atoms with Gasteiger partial charge in [0, 0.05) is 41.7 Å². The molecular formula is C30H36N4O5. The van der Waals surface area contributed by atoms with E-state index in [1.165, 1.54) is 0 Å². The van der Waals surface area contributed by atoms with Crippen molar-refractivity contribution in [3.63, 3.8) is 0 Å². The highest BCUT2D eigenvalue weighted by Gasteiger charge is 2.37. The Hall–Kier alpha value is -3.98. The number of aryl methyl sites for hydroxylation is 1. The maximum atomic E-state index is 13.1. The van der Waals surface area contributed by atoms with E-state index >= 15 is 0 Å². The molecule has 0 aliphatic carbocycles. The van der Waals surface area contributed by atoms with Gasteiger partial charge in [0.05, 0.1) is 17.5 Å². The number of aromatic nitrogens is 1. The average molecular weight is 533 g/mol. The van der Waals surface area contributed by atoms with Crippen LogP contribution in [0.3, 0.4) is 0 Å². The van der Waals surface area contributed by atoms with Crippen molar-refractivity contribution >= 4 is 28.6 Å². The number of likely N-dealkylation sites (tertiary alicyclic amines) is 1. The SMILES string of the molecule is Cc1cc(COc2ccc(C(=O)N[C@@H]3CN(C(=O)CC(C)(C)C)CC[C@@H]3C(=O)NO)cc2)c2ccccc2n1. The summed E-state index contributed by atoms with van der Waals surface area (Å²) in [4.78, 5) is 44.4. The Bertz CT molecular complexity index is 1350. The van der Waals surface area contributed by atoms with Crippen LogP contribution >= 0.6 is 0 Å². The number of hydrogen-bond acceptors (Lipinski definition) is 6. The molecule has 1 saturated heterocycles. The van der Waals surface area contributed by atoms with E-state index in [4.69, 9.17) is 4.74 Å². The van der Waals surface area contributed by atoms with E-state index in [0.717, 1.165) is 22.2 Å².